The van der Waals surface area contributed by atoms with E-state index in [2.05, 4.69) is 289 Å². The number of H-pyrrole nitrogens is 3. The molecule has 569 valence electrons. The van der Waals surface area contributed by atoms with Gasteiger partial charge < -0.3 is 42.0 Å². The molecule has 1 radical (unpaired) electrons. The van der Waals surface area contributed by atoms with E-state index >= 15 is 0 Å². The molecule has 10 aromatic carbocycles. The van der Waals surface area contributed by atoms with Crippen LogP contribution in [0, 0.1) is 87.7 Å². The van der Waals surface area contributed by atoms with Gasteiger partial charge >= 0.3 is 5.51 Å². The third-order valence-corrected chi connectivity index (χ3v) is 18.2. The van der Waals surface area contributed by atoms with Crippen LogP contribution in [-0.4, -0.2) is 95.9 Å². The first kappa shape index (κ1) is 90.2. The summed E-state index contributed by atoms with van der Waals surface area (Å²) in [5.41, 5.74) is 13.7. The average molecular weight is 1610 g/mol. The Morgan fingerprint density at radius 2 is 1.17 bits per heavy atom. The average Bonchev–Trinajstić information content (AvgIpc) is 1.62. The molecule has 0 saturated carbocycles. The van der Waals surface area contributed by atoms with Gasteiger partial charge in [0.05, 0.1) is 35.3 Å². The van der Waals surface area contributed by atoms with E-state index in [1.165, 1.54) is 99.1 Å². The van der Waals surface area contributed by atoms with E-state index in [0.717, 1.165) is 103 Å². The fraction of sp³-hybridized carbons (Fsp3) is 0.315. The van der Waals surface area contributed by atoms with Crippen molar-refractivity contribution in [3.05, 3.63) is 301 Å². The molecule has 0 spiro atoms. The molecule has 0 unspecified atom stereocenters. The summed E-state index contributed by atoms with van der Waals surface area (Å²) in [5, 5.41) is 9.34. The van der Waals surface area contributed by atoms with Gasteiger partial charge in [-0.2, -0.15) is 13.2 Å². The van der Waals surface area contributed by atoms with Crippen molar-refractivity contribution in [3.63, 3.8) is 0 Å². The maximum atomic E-state index is 11.0. The quantitative estimate of drug-likeness (QED) is 0.106. The first-order chi connectivity index (χ1) is 51.2. The van der Waals surface area contributed by atoms with Crippen LogP contribution in [0.1, 0.15) is 126 Å². The Kier molecular flexibility index (Phi) is 40.2. The molecule has 5 heterocycles. The van der Waals surface area contributed by atoms with Crippen molar-refractivity contribution in [2.75, 3.05) is 45.1 Å². The molecule has 1 saturated heterocycles. The molecule has 1 aliphatic carbocycles. The van der Waals surface area contributed by atoms with Gasteiger partial charge in [-0.1, -0.05) is 272 Å². The Morgan fingerprint density at radius 1 is 0.611 bits per heavy atom. The van der Waals surface area contributed by atoms with Crippen molar-refractivity contribution in [3.8, 4) is 0 Å². The van der Waals surface area contributed by atoms with Crippen molar-refractivity contribution in [1.29, 1.82) is 0 Å². The van der Waals surface area contributed by atoms with Gasteiger partial charge in [-0.15, -0.1) is 12.1 Å². The standard InChI is InChI=1S/C15H14N2.C13H14.C12H12.C11H13N.C10H12.C8H8N2.C8H17NO.C7H5N2.C4H9NO.C3H5F3S.CH3.Pr/c1-12-16-14-9-5-6-10-15(14)17(12)11-13-7-3-2-4-8-13;1-10(2)12-8-7-11-5-3-4-6-13(11)9-12;1-2-10-7-5-8-11-6-3-4-9-12(10)11;1-3-9-8(2)12-11-7-5-4-6-10(9)11;1-8-6-9-4-2-3-5-10(9)7-8;1-6-9-7-4-2-3-5-8(7)10-6;1-8(2)7-9-3-5-10-6-4-9;1-2-4-7-6(3-1)8-5-9-7;1-3-5-4(2)6;1-2-7-3(4,5)6;;/h2-10H,11H2,1H3;3-10H,1-2H3;3-9H,2H2,1H3;4-7,12H,3H2,1-2H3;2-5,8H,6-7H2,1H3;2-5H,1H3,(H,9,10);8H,3-7H2,1-2H3;1-4H,(H,8,9);3H2,1-2H3,(H,5,6);2H2,1H3;1H3;/q;;;;;;;-1;;;-1;. The molecule has 11 nitrogen and oxygen atoms in total. The number of nitrogens with one attached hydrogen (secondary N) is 4. The van der Waals surface area contributed by atoms with Crippen LogP contribution < -0.4 is 5.32 Å². The van der Waals surface area contributed by atoms with Crippen LogP contribution in [0.4, 0.5) is 13.2 Å². The second-order valence-corrected chi connectivity index (χ2v) is 28.2. The second-order valence-electron chi connectivity index (χ2n) is 26.9. The van der Waals surface area contributed by atoms with Crippen molar-refractivity contribution >= 4 is 83.2 Å². The molecule has 2 aliphatic rings. The predicted molar refractivity (Wildman–Crippen MR) is 450 cm³/mol. The second kappa shape index (κ2) is 48.2. The molecular weight excluding hydrogens is 1490 g/mol. The van der Waals surface area contributed by atoms with Gasteiger partial charge in [0.15, 0.2) is 0 Å². The van der Waals surface area contributed by atoms with Crippen LogP contribution in [0.2, 0.25) is 0 Å². The minimum atomic E-state index is -4.03. The largest absolute Gasteiger partial charge is 0.461 e. The minimum Gasteiger partial charge on any atom is -0.461 e. The zero-order valence-electron chi connectivity index (χ0n) is 65.9. The minimum absolute atomic E-state index is 0. The molecule has 0 atom stereocenters. The van der Waals surface area contributed by atoms with E-state index in [1.54, 1.807) is 11.1 Å². The molecule has 0 bridgehead atoms. The number of aromatic amines is 3. The van der Waals surface area contributed by atoms with Crippen LogP contribution >= 0.6 is 11.8 Å². The molecule has 1 aliphatic heterocycles. The molecule has 16 heteroatoms. The van der Waals surface area contributed by atoms with E-state index in [4.69, 9.17) is 4.74 Å². The Balaban J connectivity index is 0.000000217. The number of hydrogen-bond acceptors (Lipinski definition) is 7. The van der Waals surface area contributed by atoms with Crippen LogP contribution in [0.5, 0.6) is 0 Å². The van der Waals surface area contributed by atoms with Crippen molar-refractivity contribution < 1.29 is 64.0 Å². The molecule has 108 heavy (non-hydrogen) atoms. The monoisotopic (exact) mass is 1600 g/mol. The molecule has 16 rings (SSSR count). The van der Waals surface area contributed by atoms with Gasteiger partial charge in [0.2, 0.25) is 5.91 Å². The number of imidazole rings is 3. The van der Waals surface area contributed by atoms with E-state index in [0.29, 0.717) is 5.92 Å². The number of alkyl halides is 3. The number of aryl methyl sites for hydroxylation is 5. The van der Waals surface area contributed by atoms with E-state index in [-0.39, 0.29) is 72.1 Å². The van der Waals surface area contributed by atoms with E-state index < -0.39 is 5.51 Å². The van der Waals surface area contributed by atoms with Gasteiger partial charge in [-0.25, -0.2) is 9.97 Å². The van der Waals surface area contributed by atoms with Crippen LogP contribution in [0.25, 0.3) is 65.5 Å². The number of amides is 1. The van der Waals surface area contributed by atoms with Gasteiger partial charge in [0.1, 0.15) is 11.6 Å². The number of para-hydroxylation sites is 7. The Labute approximate surface area is 678 Å². The number of carbonyl (C=O) groups is 1. The smallest absolute Gasteiger partial charge is 0.441 e. The molecule has 4 N–H and O–H groups in total. The predicted octanol–water partition coefficient (Wildman–Crippen LogP) is 23.3. The summed E-state index contributed by atoms with van der Waals surface area (Å²) in [4.78, 5) is 34.6. The topological polar surface area (TPSA) is 133 Å². The summed E-state index contributed by atoms with van der Waals surface area (Å²) in [5.74, 6) is 4.46. The first-order valence-electron chi connectivity index (χ1n) is 37.2. The summed E-state index contributed by atoms with van der Waals surface area (Å²) in [6, 6.07) is 82.0. The normalized spacial score (nSPS) is 12.1. The number of fused-ring (bicyclic) bond motifs is 7. The summed E-state index contributed by atoms with van der Waals surface area (Å²) in [6.45, 7) is 33.6. The van der Waals surface area contributed by atoms with Gasteiger partial charge in [0.25, 0.3) is 0 Å². The molecule has 14 aromatic rings. The van der Waals surface area contributed by atoms with E-state index in [1.807, 2.05) is 74.5 Å². The molecular formula is C92H112F3N9O2PrS-2. The van der Waals surface area contributed by atoms with Crippen molar-refractivity contribution in [2.24, 2.45) is 11.8 Å². The molecule has 1 fully saturated rings. The van der Waals surface area contributed by atoms with Gasteiger partial charge in [-0.3, -0.25) is 9.69 Å². The zero-order valence-corrected chi connectivity index (χ0v) is 70.4. The number of benzene rings is 10. The number of thioether (sulfide) groups is 1. The third kappa shape index (κ3) is 30.6. The first-order valence-corrected chi connectivity index (χ1v) is 38.2. The van der Waals surface area contributed by atoms with Gasteiger partial charge in [-0.05, 0) is 168 Å². The van der Waals surface area contributed by atoms with Crippen LogP contribution in [0.15, 0.2) is 237 Å². The van der Waals surface area contributed by atoms with E-state index in [9.17, 15) is 18.0 Å². The maximum Gasteiger partial charge on any atom is 0.441 e. The molecule has 4 aromatic heterocycles. The number of ether oxygens (including phenoxy) is 1. The zero-order chi connectivity index (χ0) is 76.2. The number of halogens is 3. The number of aromatic nitrogens is 7. The fourth-order valence-electron chi connectivity index (χ4n) is 12.5. The summed E-state index contributed by atoms with van der Waals surface area (Å²) >= 11 is -0.0116. The van der Waals surface area contributed by atoms with Crippen molar-refractivity contribution in [2.45, 2.75) is 134 Å². The number of carbonyl (C=O) groups excluding carboxylic acids is 1. The van der Waals surface area contributed by atoms with Crippen LogP contribution in [-0.2, 0) is 41.8 Å². The van der Waals surface area contributed by atoms with Gasteiger partial charge in [0, 0.05) is 97.5 Å². The summed E-state index contributed by atoms with van der Waals surface area (Å²) in [6.07, 6.45) is 7.46. The summed E-state index contributed by atoms with van der Waals surface area (Å²) < 4.78 is 40.6. The third-order valence-electron chi connectivity index (χ3n) is 17.6. The van der Waals surface area contributed by atoms with Crippen molar-refractivity contribution in [1.82, 2.24) is 44.7 Å². The Bertz CT molecular complexity index is 4750. The number of rotatable bonds is 9. The maximum absolute atomic E-state index is 11.0. The number of nitrogens with zero attached hydrogens (tertiary/aromatic N) is 5. The fourth-order valence-corrected chi connectivity index (χ4v) is 12.8. The molecule has 1 amide bonds. The SMILES string of the molecule is CC(C)CN1CCOCC1.CC(C)c1ccc2ccccc2c1.CC1Cc2ccccc2C1.CCNC(C)=O.CCSC(F)(F)F.CCc1c(C)[nH]c2ccccc12.CCc1cccc2ccccc12.Cc1nc2ccccc2[nH]1.Cc1nc2ccccc2n1Cc1ccccc1.[CH3-].[Pr].[c-]1nc2ccccc2[nH]1. The number of hydrogen-bond donors (Lipinski definition) is 4. The Morgan fingerprint density at radius 3 is 1.74 bits per heavy atom. The van der Waals surface area contributed by atoms with Crippen LogP contribution in [0.3, 0.4) is 0 Å². The number of morpholine rings is 1. The Hall–Kier alpha value is -8.44. The summed E-state index contributed by atoms with van der Waals surface area (Å²) in [7, 11) is 0.